The Morgan fingerprint density at radius 1 is 1.09 bits per heavy atom. The van der Waals surface area contributed by atoms with Gasteiger partial charge in [0, 0.05) is 24.8 Å². The number of fused-ring (bicyclic) bond motifs is 1. The first-order valence-corrected chi connectivity index (χ1v) is 12.3. The van der Waals surface area contributed by atoms with Crippen LogP contribution in [-0.2, 0) is 6.54 Å². The molecule has 0 aliphatic heterocycles. The number of halogens is 2. The second-order valence-electron chi connectivity index (χ2n) is 9.27. The summed E-state index contributed by atoms with van der Waals surface area (Å²) in [7, 11) is 0. The summed E-state index contributed by atoms with van der Waals surface area (Å²) in [5.74, 6) is 1.84. The van der Waals surface area contributed by atoms with Gasteiger partial charge in [0.25, 0.3) is 0 Å². The molecule has 0 radical (unpaired) electrons. The standard InChI is InChI=1S/C27H29ClFN5/c28-24-15-32-27(31-14-19-4-1-3-18(9-19)13-30)12-23(24)21-7-8-25-26(11-21)34(17-33-25)16-20-5-2-6-22(29)10-20/h2,5-8,10-12,15,17-19H,1,3-4,9,13-14,16,30H2,(H,31,32). The molecule has 1 fully saturated rings. The number of anilines is 1. The molecular weight excluding hydrogens is 449 g/mol. The van der Waals surface area contributed by atoms with E-state index in [1.807, 2.05) is 28.8 Å². The first-order valence-electron chi connectivity index (χ1n) is 11.9. The second kappa shape index (κ2) is 10.1. The summed E-state index contributed by atoms with van der Waals surface area (Å²) >= 11 is 6.56. The number of rotatable bonds is 7. The maximum absolute atomic E-state index is 13.6. The fraction of sp³-hybridized carbons (Fsp3) is 0.333. The van der Waals surface area contributed by atoms with E-state index in [0.717, 1.165) is 46.6 Å². The van der Waals surface area contributed by atoms with Crippen molar-refractivity contribution in [2.24, 2.45) is 17.6 Å². The Balaban J connectivity index is 1.37. The lowest BCUT2D eigenvalue weighted by atomic mass is 9.81. The van der Waals surface area contributed by atoms with E-state index in [1.54, 1.807) is 24.7 Å². The van der Waals surface area contributed by atoms with Crippen LogP contribution in [0.25, 0.3) is 22.2 Å². The van der Waals surface area contributed by atoms with Crippen molar-refractivity contribution in [3.63, 3.8) is 0 Å². The van der Waals surface area contributed by atoms with Crippen molar-refractivity contribution in [3.05, 3.63) is 77.5 Å². The summed E-state index contributed by atoms with van der Waals surface area (Å²) in [5, 5.41) is 4.11. The van der Waals surface area contributed by atoms with E-state index in [2.05, 4.69) is 21.4 Å². The molecule has 0 spiro atoms. The quantitative estimate of drug-likeness (QED) is 0.336. The van der Waals surface area contributed by atoms with Crippen molar-refractivity contribution < 1.29 is 4.39 Å². The molecule has 176 valence electrons. The number of benzene rings is 2. The van der Waals surface area contributed by atoms with Crippen molar-refractivity contribution in [2.75, 3.05) is 18.4 Å². The van der Waals surface area contributed by atoms with Crippen LogP contribution in [0, 0.1) is 17.7 Å². The molecule has 1 saturated carbocycles. The molecule has 3 N–H and O–H groups in total. The number of nitrogens with two attached hydrogens (primary N) is 1. The van der Waals surface area contributed by atoms with E-state index >= 15 is 0 Å². The third-order valence-electron chi connectivity index (χ3n) is 6.83. The van der Waals surface area contributed by atoms with Crippen LogP contribution in [0.4, 0.5) is 10.2 Å². The molecule has 0 bridgehead atoms. The van der Waals surface area contributed by atoms with E-state index in [0.29, 0.717) is 23.4 Å². The van der Waals surface area contributed by atoms with Gasteiger partial charge in [0.15, 0.2) is 0 Å². The maximum atomic E-state index is 13.6. The molecule has 4 aromatic rings. The van der Waals surface area contributed by atoms with Crippen molar-refractivity contribution >= 4 is 28.5 Å². The lowest BCUT2D eigenvalue weighted by Crippen LogP contribution is -2.26. The van der Waals surface area contributed by atoms with Gasteiger partial charge in [0.05, 0.1) is 22.4 Å². The molecule has 5 nitrogen and oxygen atoms in total. The van der Waals surface area contributed by atoms with E-state index in [-0.39, 0.29) is 5.82 Å². The van der Waals surface area contributed by atoms with Crippen molar-refractivity contribution in [1.82, 2.24) is 14.5 Å². The third-order valence-corrected chi connectivity index (χ3v) is 7.13. The number of hydrogen-bond donors (Lipinski definition) is 2. The molecule has 0 amide bonds. The van der Waals surface area contributed by atoms with Crippen LogP contribution in [0.1, 0.15) is 31.2 Å². The molecule has 0 saturated heterocycles. The van der Waals surface area contributed by atoms with Crippen LogP contribution in [0.2, 0.25) is 5.02 Å². The molecular formula is C27H29ClFN5. The zero-order valence-corrected chi connectivity index (χ0v) is 19.8. The van der Waals surface area contributed by atoms with Gasteiger partial charge in [-0.3, -0.25) is 0 Å². The van der Waals surface area contributed by atoms with Gasteiger partial charge in [-0.2, -0.15) is 0 Å². The van der Waals surface area contributed by atoms with Crippen LogP contribution in [0.15, 0.2) is 61.1 Å². The Kier molecular flexibility index (Phi) is 6.79. The first-order chi connectivity index (χ1) is 16.6. The highest BCUT2D eigenvalue weighted by atomic mass is 35.5. The van der Waals surface area contributed by atoms with E-state index in [4.69, 9.17) is 17.3 Å². The summed E-state index contributed by atoms with van der Waals surface area (Å²) in [5.41, 5.74) is 10.5. The van der Waals surface area contributed by atoms with E-state index < -0.39 is 0 Å². The number of nitrogens with one attached hydrogen (secondary N) is 1. The zero-order valence-electron chi connectivity index (χ0n) is 19.1. The Morgan fingerprint density at radius 3 is 2.82 bits per heavy atom. The van der Waals surface area contributed by atoms with Gasteiger partial charge in [-0.15, -0.1) is 0 Å². The highest BCUT2D eigenvalue weighted by Crippen LogP contribution is 2.32. The first kappa shape index (κ1) is 22.8. The Labute approximate surface area is 204 Å². The summed E-state index contributed by atoms with van der Waals surface area (Å²) in [4.78, 5) is 9.01. The van der Waals surface area contributed by atoms with E-state index in [1.165, 1.54) is 31.7 Å². The molecule has 2 heterocycles. The summed E-state index contributed by atoms with van der Waals surface area (Å²) in [6.07, 6.45) is 8.40. The predicted molar refractivity (Wildman–Crippen MR) is 136 cm³/mol. The number of pyridine rings is 1. The average molecular weight is 478 g/mol. The zero-order chi connectivity index (χ0) is 23.5. The molecule has 1 aliphatic rings. The molecule has 34 heavy (non-hydrogen) atoms. The van der Waals surface area contributed by atoms with Crippen molar-refractivity contribution in [3.8, 4) is 11.1 Å². The maximum Gasteiger partial charge on any atom is 0.126 e. The Morgan fingerprint density at radius 2 is 1.97 bits per heavy atom. The minimum Gasteiger partial charge on any atom is -0.370 e. The van der Waals surface area contributed by atoms with Crippen molar-refractivity contribution in [1.29, 1.82) is 0 Å². The van der Waals surface area contributed by atoms with Gasteiger partial charge in [0.2, 0.25) is 0 Å². The second-order valence-corrected chi connectivity index (χ2v) is 9.68. The lowest BCUT2D eigenvalue weighted by molar-refractivity contribution is 0.281. The molecule has 5 rings (SSSR count). The van der Waals surface area contributed by atoms with E-state index in [9.17, 15) is 4.39 Å². The lowest BCUT2D eigenvalue weighted by Gasteiger charge is -2.28. The van der Waals surface area contributed by atoms with Gasteiger partial charge in [-0.25, -0.2) is 14.4 Å². The monoisotopic (exact) mass is 477 g/mol. The summed E-state index contributed by atoms with van der Waals surface area (Å²) in [6.45, 7) is 2.21. The van der Waals surface area contributed by atoms with Gasteiger partial charge in [-0.05, 0) is 79.1 Å². The molecule has 2 unspecified atom stereocenters. The molecule has 2 aromatic carbocycles. The van der Waals surface area contributed by atoms with Crippen LogP contribution in [-0.4, -0.2) is 27.6 Å². The van der Waals surface area contributed by atoms with Crippen LogP contribution < -0.4 is 11.1 Å². The molecule has 1 aliphatic carbocycles. The predicted octanol–water partition coefficient (Wildman–Crippen LogP) is 6.12. The van der Waals surface area contributed by atoms with Crippen LogP contribution in [0.3, 0.4) is 0 Å². The van der Waals surface area contributed by atoms with Gasteiger partial charge in [0.1, 0.15) is 11.6 Å². The largest absolute Gasteiger partial charge is 0.370 e. The SMILES string of the molecule is NCC1CCCC(CNc2cc(-c3ccc4ncn(Cc5cccc(F)c5)c4c3)c(Cl)cn2)C1. The molecule has 7 heteroatoms. The fourth-order valence-electron chi connectivity index (χ4n) is 4.99. The van der Waals surface area contributed by atoms with Gasteiger partial charge in [-0.1, -0.05) is 36.2 Å². The molecule has 2 aromatic heterocycles. The number of imidazole rings is 1. The van der Waals surface area contributed by atoms with Crippen molar-refractivity contribution in [2.45, 2.75) is 32.2 Å². The number of hydrogen-bond acceptors (Lipinski definition) is 4. The Bertz CT molecular complexity index is 1290. The minimum absolute atomic E-state index is 0.238. The fourth-order valence-corrected chi connectivity index (χ4v) is 5.20. The minimum atomic E-state index is -0.238. The molecule has 2 atom stereocenters. The Hall–Kier alpha value is -2.96. The normalized spacial score (nSPS) is 18.3. The summed E-state index contributed by atoms with van der Waals surface area (Å²) in [6, 6.07) is 14.8. The highest BCUT2D eigenvalue weighted by molar-refractivity contribution is 6.33. The van der Waals surface area contributed by atoms with Gasteiger partial charge >= 0.3 is 0 Å². The third kappa shape index (κ3) is 5.08. The topological polar surface area (TPSA) is 68.8 Å². The smallest absolute Gasteiger partial charge is 0.126 e. The van der Waals surface area contributed by atoms with Crippen LogP contribution >= 0.6 is 11.6 Å². The average Bonchev–Trinajstić information content (AvgIpc) is 3.25. The summed E-state index contributed by atoms with van der Waals surface area (Å²) < 4.78 is 15.7. The van der Waals surface area contributed by atoms with Gasteiger partial charge < -0.3 is 15.6 Å². The highest BCUT2D eigenvalue weighted by Gasteiger charge is 2.21. The number of aromatic nitrogens is 3. The van der Waals surface area contributed by atoms with Crippen LogP contribution in [0.5, 0.6) is 0 Å². The number of nitrogens with zero attached hydrogens (tertiary/aromatic N) is 3.